The Balaban J connectivity index is 1.31. The molecule has 4 aliphatic heterocycles. The molecule has 1 aromatic rings. The van der Waals surface area contributed by atoms with Gasteiger partial charge in [-0.25, -0.2) is 14.6 Å². The van der Waals surface area contributed by atoms with Gasteiger partial charge in [-0.15, -0.1) is 0 Å². The molecule has 4 saturated heterocycles. The van der Waals surface area contributed by atoms with E-state index >= 15 is 0 Å². The van der Waals surface area contributed by atoms with Crippen LogP contribution in [0.4, 0.5) is 0 Å². The molecular weight excluding hydrogens is 440 g/mol. The van der Waals surface area contributed by atoms with Crippen LogP contribution >= 0.6 is 0 Å². The third-order valence-corrected chi connectivity index (χ3v) is 8.10. The predicted molar refractivity (Wildman–Crippen MR) is 121 cm³/mol. The molecule has 6 rings (SSSR count). The maximum absolute atomic E-state index is 11.8. The fraction of sp³-hybridized carbons (Fsp3) is 0.731. The number of ether oxygens (including phenoxy) is 5. The van der Waals surface area contributed by atoms with Crippen LogP contribution in [-0.2, 0) is 28.8 Å². The first-order valence-corrected chi connectivity index (χ1v) is 12.6. The maximum atomic E-state index is 11.8. The molecule has 8 heteroatoms. The second kappa shape index (κ2) is 8.97. The van der Waals surface area contributed by atoms with Crippen LogP contribution in [0.15, 0.2) is 24.3 Å². The van der Waals surface area contributed by atoms with Crippen LogP contribution in [0.2, 0.25) is 0 Å². The number of esters is 1. The quantitative estimate of drug-likeness (QED) is 0.435. The van der Waals surface area contributed by atoms with E-state index in [0.29, 0.717) is 29.9 Å². The van der Waals surface area contributed by atoms with Gasteiger partial charge < -0.3 is 23.7 Å². The van der Waals surface area contributed by atoms with E-state index < -0.39 is 30.1 Å². The molecule has 2 bridgehead atoms. The lowest BCUT2D eigenvalue weighted by Crippen LogP contribution is -2.70. The lowest BCUT2D eigenvalue weighted by atomic mass is 9.58. The molecule has 1 aromatic carbocycles. The van der Waals surface area contributed by atoms with Crippen LogP contribution in [-0.4, -0.2) is 42.6 Å². The van der Waals surface area contributed by atoms with E-state index in [4.69, 9.17) is 33.5 Å². The molecule has 34 heavy (non-hydrogen) atoms. The monoisotopic (exact) mass is 476 g/mol. The molecular formula is C26H36O8. The lowest BCUT2D eigenvalue weighted by molar-refractivity contribution is -0.575. The highest BCUT2D eigenvalue weighted by Gasteiger charge is 2.69. The Morgan fingerprint density at radius 2 is 1.82 bits per heavy atom. The third kappa shape index (κ3) is 3.98. The summed E-state index contributed by atoms with van der Waals surface area (Å²) in [6, 6.07) is 7.20. The Labute approximate surface area is 201 Å². The van der Waals surface area contributed by atoms with Crippen LogP contribution in [0.5, 0.6) is 11.5 Å². The number of hydrogen-bond acceptors (Lipinski definition) is 8. The number of carbonyl (C=O) groups is 1. The van der Waals surface area contributed by atoms with Gasteiger partial charge in [0.1, 0.15) is 11.5 Å². The Bertz CT molecular complexity index is 889. The molecule has 0 N–H and O–H groups in total. The van der Waals surface area contributed by atoms with Crippen molar-refractivity contribution in [1.29, 1.82) is 0 Å². The van der Waals surface area contributed by atoms with E-state index in [1.54, 1.807) is 26.0 Å². The van der Waals surface area contributed by atoms with Gasteiger partial charge in [0.25, 0.3) is 0 Å². The highest BCUT2D eigenvalue weighted by atomic mass is 17.3. The van der Waals surface area contributed by atoms with Crippen LogP contribution < -0.4 is 9.47 Å². The van der Waals surface area contributed by atoms with Crippen LogP contribution in [0.1, 0.15) is 60.3 Å². The molecule has 0 amide bonds. The molecule has 3 unspecified atom stereocenters. The highest BCUT2D eigenvalue weighted by Crippen LogP contribution is 2.60. The van der Waals surface area contributed by atoms with Crippen LogP contribution in [0, 0.1) is 23.7 Å². The molecule has 0 radical (unpaired) electrons. The number of fused-ring (bicyclic) bond motifs is 2. The lowest BCUT2D eigenvalue weighted by Gasteiger charge is -2.60. The number of rotatable bonds is 6. The van der Waals surface area contributed by atoms with E-state index in [-0.39, 0.29) is 17.8 Å². The van der Waals surface area contributed by atoms with Gasteiger partial charge in [-0.2, -0.15) is 0 Å². The van der Waals surface area contributed by atoms with Crippen molar-refractivity contribution in [2.45, 2.75) is 90.4 Å². The average molecular weight is 477 g/mol. The van der Waals surface area contributed by atoms with Gasteiger partial charge in [-0.3, -0.25) is 0 Å². The van der Waals surface area contributed by atoms with Crippen molar-refractivity contribution in [2.75, 3.05) is 6.61 Å². The Morgan fingerprint density at radius 3 is 2.56 bits per heavy atom. The summed E-state index contributed by atoms with van der Waals surface area (Å²) < 4.78 is 29.8. The summed E-state index contributed by atoms with van der Waals surface area (Å²) in [6.07, 6.45) is 2.23. The fourth-order valence-corrected chi connectivity index (χ4v) is 6.25. The number of hydrogen-bond donors (Lipinski definition) is 0. The molecule has 1 spiro atoms. The summed E-state index contributed by atoms with van der Waals surface area (Å²) in [4.78, 5) is 23.9. The molecule has 9 atom stereocenters. The standard InChI is InChI=1S/C26H36O8/c1-6-28-22(27)17(4)29-18-8-10-19(11-9-18)30-23-16(3)21-12-7-15(2)20-13-14-25(5)32-24(31-23)26(20,21)34-33-25/h8-11,15-17,20-21,23-24H,6-7,12-14H2,1-5H3/t15-,16-,17?,20?,21?,23+,24+,25-,26-/m1/s1. The minimum atomic E-state index is -0.808. The summed E-state index contributed by atoms with van der Waals surface area (Å²) in [6.45, 7) is 10.1. The summed E-state index contributed by atoms with van der Waals surface area (Å²) in [7, 11) is 0. The van der Waals surface area contributed by atoms with Crippen molar-refractivity contribution in [2.24, 2.45) is 23.7 Å². The van der Waals surface area contributed by atoms with Crippen molar-refractivity contribution in [3.05, 3.63) is 24.3 Å². The van der Waals surface area contributed by atoms with Crippen molar-refractivity contribution >= 4 is 5.97 Å². The van der Waals surface area contributed by atoms with Crippen molar-refractivity contribution in [3.8, 4) is 11.5 Å². The predicted octanol–water partition coefficient (Wildman–Crippen LogP) is 4.60. The van der Waals surface area contributed by atoms with Crippen molar-refractivity contribution in [1.82, 2.24) is 0 Å². The first kappa shape index (κ1) is 23.9. The Hall–Kier alpha value is -1.87. The van der Waals surface area contributed by atoms with Gasteiger partial charge >= 0.3 is 5.97 Å². The largest absolute Gasteiger partial charge is 0.479 e. The maximum Gasteiger partial charge on any atom is 0.347 e. The van der Waals surface area contributed by atoms with Gasteiger partial charge in [0.05, 0.1) is 6.61 Å². The van der Waals surface area contributed by atoms with Crippen molar-refractivity contribution < 1.29 is 38.3 Å². The highest BCUT2D eigenvalue weighted by molar-refractivity contribution is 5.74. The molecule has 1 saturated carbocycles. The van der Waals surface area contributed by atoms with Gasteiger partial charge in [-0.1, -0.05) is 13.8 Å². The summed E-state index contributed by atoms with van der Waals surface area (Å²) >= 11 is 0. The van der Waals surface area contributed by atoms with Gasteiger partial charge in [0.15, 0.2) is 18.0 Å². The minimum Gasteiger partial charge on any atom is -0.479 e. The van der Waals surface area contributed by atoms with Gasteiger partial charge in [0, 0.05) is 18.3 Å². The first-order chi connectivity index (χ1) is 16.3. The van der Waals surface area contributed by atoms with E-state index in [9.17, 15) is 4.79 Å². The average Bonchev–Trinajstić information content (AvgIpc) is 3.04. The van der Waals surface area contributed by atoms with E-state index in [2.05, 4.69) is 13.8 Å². The molecule has 1 aliphatic carbocycles. The zero-order chi connectivity index (χ0) is 24.1. The Kier molecular flexibility index (Phi) is 6.29. The molecule has 188 valence electrons. The molecule has 4 heterocycles. The first-order valence-electron chi connectivity index (χ1n) is 12.6. The molecule has 0 aromatic heterocycles. The van der Waals surface area contributed by atoms with Gasteiger partial charge in [0.2, 0.25) is 12.1 Å². The summed E-state index contributed by atoms with van der Waals surface area (Å²) in [5, 5.41) is 0. The second-order valence-corrected chi connectivity index (χ2v) is 10.4. The summed E-state index contributed by atoms with van der Waals surface area (Å²) in [5.74, 6) is 1.15. The molecule has 8 nitrogen and oxygen atoms in total. The second-order valence-electron chi connectivity index (χ2n) is 10.4. The topological polar surface area (TPSA) is 81.7 Å². The zero-order valence-electron chi connectivity index (χ0n) is 20.7. The van der Waals surface area contributed by atoms with E-state index in [1.807, 2.05) is 19.1 Å². The van der Waals surface area contributed by atoms with Crippen LogP contribution in [0.25, 0.3) is 0 Å². The normalized spacial score (nSPS) is 41.7. The SMILES string of the molecule is CCOC(=O)C(C)Oc1ccc(O[C@H]2O[C@H]3O[C@@]4(C)CCC5[C@H](C)CCC([C@H]2C)[C@]53OO4)cc1. The van der Waals surface area contributed by atoms with Crippen molar-refractivity contribution in [3.63, 3.8) is 0 Å². The van der Waals surface area contributed by atoms with Gasteiger partial charge in [-0.05, 0) is 76.1 Å². The van der Waals surface area contributed by atoms with E-state index in [0.717, 1.165) is 25.7 Å². The number of benzene rings is 1. The molecule has 5 fully saturated rings. The molecule has 5 aliphatic rings. The third-order valence-electron chi connectivity index (χ3n) is 8.10. The summed E-state index contributed by atoms with van der Waals surface area (Å²) in [5.41, 5.74) is -0.603. The minimum absolute atomic E-state index is 0.0840. The fourth-order valence-electron chi connectivity index (χ4n) is 6.25. The van der Waals surface area contributed by atoms with Crippen LogP contribution in [0.3, 0.4) is 0 Å². The Morgan fingerprint density at radius 1 is 1.09 bits per heavy atom. The smallest absolute Gasteiger partial charge is 0.347 e. The number of carbonyl (C=O) groups excluding carboxylic acids is 1. The van der Waals surface area contributed by atoms with E-state index in [1.165, 1.54) is 0 Å². The zero-order valence-corrected chi connectivity index (χ0v) is 20.7.